The number of imidazole rings is 2. The van der Waals surface area contributed by atoms with Crippen LogP contribution in [0.15, 0.2) is 36.4 Å². The van der Waals surface area contributed by atoms with E-state index in [1.807, 2.05) is 20.8 Å². The lowest BCUT2D eigenvalue weighted by molar-refractivity contribution is 0.0989. The first-order valence-corrected chi connectivity index (χ1v) is 21.7. The Morgan fingerprint density at radius 1 is 0.873 bits per heavy atom. The molecule has 332 valence electrons. The number of primary amides is 2. The molecule has 0 atom stereocenters. The van der Waals surface area contributed by atoms with Crippen LogP contribution in [0.2, 0.25) is 0 Å². The molecule has 0 aliphatic carbocycles. The average molecular weight is 883 g/mol. The highest BCUT2D eigenvalue weighted by atomic mass is 32.1. The van der Waals surface area contributed by atoms with E-state index >= 15 is 4.39 Å². The van der Waals surface area contributed by atoms with Crippen LogP contribution >= 0.6 is 11.3 Å². The van der Waals surface area contributed by atoms with E-state index in [0.29, 0.717) is 52.6 Å². The zero-order valence-corrected chi connectivity index (χ0v) is 36.7. The third kappa shape index (κ3) is 9.41. The number of aryl methyl sites for hydroxylation is 4. The van der Waals surface area contributed by atoms with Gasteiger partial charge in [-0.2, -0.15) is 5.10 Å². The van der Waals surface area contributed by atoms with E-state index in [4.69, 9.17) is 25.9 Å². The summed E-state index contributed by atoms with van der Waals surface area (Å²) in [6, 6.07) is 5.96. The molecule has 4 aromatic heterocycles. The molecule has 1 saturated heterocycles. The summed E-state index contributed by atoms with van der Waals surface area (Å²) in [6.45, 7) is 11.2. The molecule has 6 N–H and O–H groups in total. The normalized spacial score (nSPS) is 13.3. The van der Waals surface area contributed by atoms with Crippen LogP contribution in [0.3, 0.4) is 0 Å². The van der Waals surface area contributed by atoms with E-state index in [0.717, 1.165) is 31.1 Å². The fourth-order valence-electron chi connectivity index (χ4n) is 7.80. The number of hydrogen-bond donors (Lipinski definition) is 4. The summed E-state index contributed by atoms with van der Waals surface area (Å²) < 4.78 is 32.7. The average Bonchev–Trinajstić information content (AvgIpc) is 4.04. The molecule has 1 fully saturated rings. The topological polar surface area (TPSA) is 232 Å². The Kier molecular flexibility index (Phi) is 13.5. The van der Waals surface area contributed by atoms with Crippen LogP contribution in [-0.2, 0) is 26.1 Å². The predicted octanol–water partition coefficient (Wildman–Crippen LogP) is 5.60. The number of thiazole rings is 1. The van der Waals surface area contributed by atoms with Crippen LogP contribution in [0.4, 0.5) is 16.3 Å². The molecule has 6 aromatic rings. The van der Waals surface area contributed by atoms with Gasteiger partial charge in [0.05, 0.1) is 41.2 Å². The van der Waals surface area contributed by atoms with Gasteiger partial charge < -0.3 is 35.0 Å². The minimum atomic E-state index is -1.02. The van der Waals surface area contributed by atoms with Gasteiger partial charge in [0.15, 0.2) is 5.82 Å². The second kappa shape index (κ2) is 19.2. The maximum atomic E-state index is 15.9. The highest BCUT2D eigenvalue weighted by Crippen LogP contribution is 2.35. The molecule has 1 aliphatic rings. The first kappa shape index (κ1) is 44.4. The summed E-state index contributed by atoms with van der Waals surface area (Å²) >= 11 is 1.28. The van der Waals surface area contributed by atoms with Gasteiger partial charge in [-0.1, -0.05) is 25.5 Å². The monoisotopic (exact) mass is 882 g/mol. The van der Waals surface area contributed by atoms with Crippen LogP contribution in [0, 0.1) is 19.7 Å². The first-order chi connectivity index (χ1) is 30.3. The lowest BCUT2D eigenvalue weighted by atomic mass is 10.1. The van der Waals surface area contributed by atoms with Crippen LogP contribution in [0.1, 0.15) is 96.8 Å². The second-order valence-electron chi connectivity index (χ2n) is 15.1. The van der Waals surface area contributed by atoms with Crippen LogP contribution in [0.25, 0.3) is 22.1 Å². The zero-order valence-electron chi connectivity index (χ0n) is 35.9. The maximum Gasteiger partial charge on any atom is 0.276 e. The number of anilines is 2. The Bertz CT molecular complexity index is 2740. The Labute approximate surface area is 366 Å². The van der Waals surface area contributed by atoms with E-state index in [1.54, 1.807) is 46.4 Å². The minimum Gasteiger partial charge on any atom is -0.494 e. The van der Waals surface area contributed by atoms with E-state index in [9.17, 15) is 19.2 Å². The lowest BCUT2D eigenvalue weighted by Gasteiger charge is -2.26. The van der Waals surface area contributed by atoms with Gasteiger partial charge in [-0.05, 0) is 83.8 Å². The molecule has 2 aromatic carbocycles. The van der Waals surface area contributed by atoms with Crippen molar-refractivity contribution in [1.82, 2.24) is 38.8 Å². The standard InChI is InChI=1S/C43H51FN12O6S/c1-6-28-37(63-25(4)47-28)41(60)51-42-48-29-21-26(38(45)57)22-32(62-19-13-16-53-14-9-8-10-15-53)35(29)54(42)17-11-12-18-55-36-31(61-5)23-27(39(46)58)33(44)34(36)49-43(55)50-40(59)30-20-24(3)52-56(30)7-2/h11-12,20-23H,6-10,13-19H2,1-5H3,(H2,45,57)(H2,46,58)(H,48,51,60)(H,49,50,59)/b12-11+. The number of fused-ring (bicyclic) bond motifs is 2. The van der Waals surface area contributed by atoms with Crippen molar-refractivity contribution >= 4 is 68.9 Å². The largest absolute Gasteiger partial charge is 0.494 e. The van der Waals surface area contributed by atoms with Crippen molar-refractivity contribution in [3.63, 3.8) is 0 Å². The number of amides is 4. The molecule has 0 unspecified atom stereocenters. The van der Waals surface area contributed by atoms with Crippen LogP contribution in [0.5, 0.6) is 11.5 Å². The number of allylic oxidation sites excluding steroid dienone is 2. The van der Waals surface area contributed by atoms with E-state index in [-0.39, 0.29) is 53.0 Å². The van der Waals surface area contributed by atoms with Crippen molar-refractivity contribution in [2.75, 3.05) is 44.0 Å². The number of halogens is 1. The van der Waals surface area contributed by atoms with Crippen molar-refractivity contribution in [3.05, 3.63) is 80.3 Å². The number of carbonyl (C=O) groups is 4. The number of ether oxygens (including phenoxy) is 2. The summed E-state index contributed by atoms with van der Waals surface area (Å²) in [5.74, 6) is -2.99. The number of hydrogen-bond acceptors (Lipinski definition) is 12. The fourth-order valence-corrected chi connectivity index (χ4v) is 8.71. The molecule has 63 heavy (non-hydrogen) atoms. The highest BCUT2D eigenvalue weighted by Gasteiger charge is 2.26. The van der Waals surface area contributed by atoms with Crippen molar-refractivity contribution in [2.24, 2.45) is 11.5 Å². The predicted molar refractivity (Wildman–Crippen MR) is 237 cm³/mol. The van der Waals surface area contributed by atoms with Crippen molar-refractivity contribution < 1.29 is 33.0 Å². The Hall–Kier alpha value is -6.67. The summed E-state index contributed by atoms with van der Waals surface area (Å²) in [5, 5.41) is 10.9. The smallest absolute Gasteiger partial charge is 0.276 e. The van der Waals surface area contributed by atoms with Crippen molar-refractivity contribution in [1.29, 1.82) is 0 Å². The Balaban J connectivity index is 1.27. The molecule has 7 rings (SSSR count). The van der Waals surface area contributed by atoms with Gasteiger partial charge in [0, 0.05) is 31.7 Å². The number of rotatable bonds is 18. The molecule has 4 amide bonds. The molecule has 0 bridgehead atoms. The van der Waals surface area contributed by atoms with Gasteiger partial charge in [-0.15, -0.1) is 11.3 Å². The molecule has 1 aliphatic heterocycles. The van der Waals surface area contributed by atoms with Crippen LogP contribution in [-0.4, -0.2) is 95.7 Å². The van der Waals surface area contributed by atoms with Gasteiger partial charge in [0.2, 0.25) is 17.8 Å². The zero-order chi connectivity index (χ0) is 44.9. The summed E-state index contributed by atoms with van der Waals surface area (Å²) in [5.41, 5.74) is 13.4. The van der Waals surface area contributed by atoms with Gasteiger partial charge in [0.1, 0.15) is 38.6 Å². The van der Waals surface area contributed by atoms with Gasteiger partial charge >= 0.3 is 0 Å². The first-order valence-electron chi connectivity index (χ1n) is 20.9. The van der Waals surface area contributed by atoms with Crippen molar-refractivity contribution in [3.8, 4) is 11.5 Å². The summed E-state index contributed by atoms with van der Waals surface area (Å²) in [4.78, 5) is 68.9. The van der Waals surface area contributed by atoms with Gasteiger partial charge in [0.25, 0.3) is 17.7 Å². The highest BCUT2D eigenvalue weighted by molar-refractivity contribution is 7.13. The van der Waals surface area contributed by atoms with E-state index in [2.05, 4.69) is 30.6 Å². The second-order valence-corrected chi connectivity index (χ2v) is 16.3. The number of nitrogens with two attached hydrogens (primary N) is 2. The van der Waals surface area contributed by atoms with Crippen LogP contribution < -0.4 is 31.6 Å². The quantitative estimate of drug-likeness (QED) is 0.0613. The lowest BCUT2D eigenvalue weighted by Crippen LogP contribution is -2.31. The Morgan fingerprint density at radius 3 is 2.24 bits per heavy atom. The number of nitrogens with zero attached hydrogens (tertiary/aromatic N) is 8. The molecular weight excluding hydrogens is 832 g/mol. The van der Waals surface area contributed by atoms with E-state index in [1.165, 1.54) is 48.5 Å². The minimum absolute atomic E-state index is 0.0178. The number of benzene rings is 2. The summed E-state index contributed by atoms with van der Waals surface area (Å²) in [7, 11) is 1.36. The van der Waals surface area contributed by atoms with Gasteiger partial charge in [-0.3, -0.25) is 34.5 Å². The number of methoxy groups -OCH3 is 1. The number of carbonyl (C=O) groups excluding carboxylic acids is 4. The Morgan fingerprint density at radius 2 is 1.57 bits per heavy atom. The molecule has 0 radical (unpaired) electrons. The molecule has 5 heterocycles. The SMILES string of the molecule is CCc1nc(C)sc1C(=O)Nc1nc2cc(C(N)=O)cc(OCCCN3CCCCC3)c2n1C/C=C/Cn1c(NC(=O)c2cc(C)nn2CC)nc2c(F)c(C(N)=O)cc(OC)c21. The molecule has 18 nitrogen and oxygen atoms in total. The molecule has 20 heteroatoms. The maximum absolute atomic E-state index is 15.9. The number of nitrogens with one attached hydrogen (secondary N) is 2. The molecule has 0 spiro atoms. The number of aromatic nitrogens is 7. The third-order valence-electron chi connectivity index (χ3n) is 10.8. The fraction of sp³-hybridized carbons (Fsp3) is 0.395. The van der Waals surface area contributed by atoms with Gasteiger partial charge in [-0.25, -0.2) is 19.3 Å². The van der Waals surface area contributed by atoms with Crippen molar-refractivity contribution in [2.45, 2.75) is 79.4 Å². The number of piperidine rings is 1. The summed E-state index contributed by atoms with van der Waals surface area (Å²) in [6.07, 6.45) is 8.42. The third-order valence-corrected chi connectivity index (χ3v) is 11.8. The molecular formula is C43H51FN12O6S. The number of likely N-dealkylation sites (tertiary alicyclic amines) is 1. The van der Waals surface area contributed by atoms with E-state index < -0.39 is 35.0 Å². The molecule has 0 saturated carbocycles.